The second-order valence-corrected chi connectivity index (χ2v) is 3.86. The zero-order valence-corrected chi connectivity index (χ0v) is 10.0. The summed E-state index contributed by atoms with van der Waals surface area (Å²) in [6.07, 6.45) is 2.32. The molecule has 2 unspecified atom stereocenters. The fraction of sp³-hybridized carbons (Fsp3) is 0.909. The summed E-state index contributed by atoms with van der Waals surface area (Å²) >= 11 is 0. The fourth-order valence-corrected chi connectivity index (χ4v) is 1.24. The molecule has 90 valence electrons. The highest BCUT2D eigenvalue weighted by molar-refractivity contribution is 5.81. The van der Waals surface area contributed by atoms with E-state index in [4.69, 9.17) is 0 Å². The van der Waals surface area contributed by atoms with E-state index in [9.17, 15) is 9.90 Å². The molecule has 0 heterocycles. The molecule has 0 aromatic heterocycles. The van der Waals surface area contributed by atoms with Gasteiger partial charge >= 0.3 is 0 Å². The van der Waals surface area contributed by atoms with Gasteiger partial charge in [0.25, 0.3) is 0 Å². The third kappa shape index (κ3) is 7.33. The number of nitrogens with one attached hydrogen (secondary N) is 2. The Morgan fingerprint density at radius 1 is 1.33 bits per heavy atom. The summed E-state index contributed by atoms with van der Waals surface area (Å²) in [6, 6.07) is -0.233. The van der Waals surface area contributed by atoms with E-state index in [2.05, 4.69) is 10.6 Å². The normalized spacial score (nSPS) is 14.7. The molecule has 2 atom stereocenters. The Kier molecular flexibility index (Phi) is 8.33. The first-order valence-electron chi connectivity index (χ1n) is 5.80. The highest BCUT2D eigenvalue weighted by Gasteiger charge is 2.12. The van der Waals surface area contributed by atoms with E-state index in [0.717, 1.165) is 19.3 Å². The molecule has 0 saturated heterocycles. The maximum atomic E-state index is 11.4. The lowest BCUT2D eigenvalue weighted by Gasteiger charge is -2.16. The van der Waals surface area contributed by atoms with Crippen LogP contribution in [-0.4, -0.2) is 36.2 Å². The molecule has 0 aliphatic heterocycles. The molecule has 0 saturated carbocycles. The van der Waals surface area contributed by atoms with Crippen LogP contribution < -0.4 is 10.6 Å². The molecule has 0 aliphatic carbocycles. The summed E-state index contributed by atoms with van der Waals surface area (Å²) in [4.78, 5) is 11.4. The van der Waals surface area contributed by atoms with Crippen LogP contribution in [0, 0.1) is 0 Å². The molecule has 3 N–H and O–H groups in total. The highest BCUT2D eigenvalue weighted by Crippen LogP contribution is 1.94. The van der Waals surface area contributed by atoms with Crippen molar-refractivity contribution in [2.75, 3.05) is 13.1 Å². The molecule has 0 bridgehead atoms. The monoisotopic (exact) mass is 216 g/mol. The number of rotatable bonds is 8. The Labute approximate surface area is 92.4 Å². The Morgan fingerprint density at radius 2 is 2.00 bits per heavy atom. The van der Waals surface area contributed by atoms with Crippen molar-refractivity contribution in [2.24, 2.45) is 0 Å². The van der Waals surface area contributed by atoms with E-state index in [-0.39, 0.29) is 18.1 Å². The molecule has 0 aliphatic rings. The van der Waals surface area contributed by atoms with Gasteiger partial charge in [-0.15, -0.1) is 0 Å². The minimum Gasteiger partial charge on any atom is -0.392 e. The molecule has 0 rings (SSSR count). The molecule has 0 fully saturated rings. The highest BCUT2D eigenvalue weighted by atomic mass is 16.3. The Morgan fingerprint density at radius 3 is 2.53 bits per heavy atom. The summed E-state index contributed by atoms with van der Waals surface area (Å²) in [5.74, 6) is 0.000508. The molecule has 15 heavy (non-hydrogen) atoms. The van der Waals surface area contributed by atoms with Crippen LogP contribution in [0.3, 0.4) is 0 Å². The van der Waals surface area contributed by atoms with Crippen molar-refractivity contribution in [3.05, 3.63) is 0 Å². The third-order valence-electron chi connectivity index (χ3n) is 2.22. The van der Waals surface area contributed by atoms with Gasteiger partial charge in [0.05, 0.1) is 12.1 Å². The summed E-state index contributed by atoms with van der Waals surface area (Å²) in [6.45, 7) is 7.05. The summed E-state index contributed by atoms with van der Waals surface area (Å²) in [5, 5.41) is 15.3. The largest absolute Gasteiger partial charge is 0.392 e. The number of hydrogen-bond acceptors (Lipinski definition) is 3. The van der Waals surface area contributed by atoms with E-state index < -0.39 is 0 Å². The van der Waals surface area contributed by atoms with E-state index in [1.807, 2.05) is 20.8 Å². The Hall–Kier alpha value is -0.610. The van der Waals surface area contributed by atoms with Gasteiger partial charge < -0.3 is 15.7 Å². The maximum absolute atomic E-state index is 11.4. The molecular formula is C11H24N2O2. The van der Waals surface area contributed by atoms with E-state index in [0.29, 0.717) is 13.1 Å². The minimum atomic E-state index is -0.351. The number of amides is 1. The smallest absolute Gasteiger partial charge is 0.236 e. The molecule has 4 heteroatoms. The van der Waals surface area contributed by atoms with Crippen molar-refractivity contribution in [3.63, 3.8) is 0 Å². The van der Waals surface area contributed by atoms with Crippen LogP contribution in [0.2, 0.25) is 0 Å². The van der Waals surface area contributed by atoms with Gasteiger partial charge in [-0.2, -0.15) is 0 Å². The van der Waals surface area contributed by atoms with Crippen molar-refractivity contribution >= 4 is 5.91 Å². The molecule has 0 radical (unpaired) electrons. The third-order valence-corrected chi connectivity index (χ3v) is 2.22. The number of aliphatic hydroxyl groups is 1. The van der Waals surface area contributed by atoms with Crippen molar-refractivity contribution in [1.82, 2.24) is 10.6 Å². The average Bonchev–Trinajstić information content (AvgIpc) is 2.22. The van der Waals surface area contributed by atoms with E-state index >= 15 is 0 Å². The first-order valence-corrected chi connectivity index (χ1v) is 5.80. The first kappa shape index (κ1) is 14.4. The summed E-state index contributed by atoms with van der Waals surface area (Å²) in [5.41, 5.74) is 0. The topological polar surface area (TPSA) is 61.4 Å². The fourth-order valence-electron chi connectivity index (χ4n) is 1.24. The maximum Gasteiger partial charge on any atom is 0.236 e. The lowest BCUT2D eigenvalue weighted by molar-refractivity contribution is -0.122. The van der Waals surface area contributed by atoms with Gasteiger partial charge in [0.1, 0.15) is 0 Å². The molecule has 0 aromatic carbocycles. The lowest BCUT2D eigenvalue weighted by Crippen LogP contribution is -2.44. The van der Waals surface area contributed by atoms with E-state index in [1.165, 1.54) is 0 Å². The predicted molar refractivity (Wildman–Crippen MR) is 61.7 cm³/mol. The van der Waals surface area contributed by atoms with Gasteiger partial charge in [0, 0.05) is 13.1 Å². The van der Waals surface area contributed by atoms with Crippen molar-refractivity contribution in [3.8, 4) is 0 Å². The summed E-state index contributed by atoms with van der Waals surface area (Å²) in [7, 11) is 0. The Bertz CT molecular complexity index is 174. The zero-order valence-electron chi connectivity index (χ0n) is 10.0. The zero-order chi connectivity index (χ0) is 11.7. The number of hydrogen-bond donors (Lipinski definition) is 3. The average molecular weight is 216 g/mol. The van der Waals surface area contributed by atoms with Crippen molar-refractivity contribution in [1.29, 1.82) is 0 Å². The van der Waals surface area contributed by atoms with Crippen molar-refractivity contribution < 1.29 is 9.90 Å². The quantitative estimate of drug-likeness (QED) is 0.558. The van der Waals surface area contributed by atoms with Gasteiger partial charge in [-0.05, 0) is 19.8 Å². The van der Waals surface area contributed by atoms with Crippen LogP contribution in [0.25, 0.3) is 0 Å². The van der Waals surface area contributed by atoms with Gasteiger partial charge in [-0.25, -0.2) is 0 Å². The molecule has 1 amide bonds. The van der Waals surface area contributed by atoms with Gasteiger partial charge in [0.2, 0.25) is 5.91 Å². The number of aliphatic hydroxyl groups excluding tert-OH is 1. The lowest BCUT2D eigenvalue weighted by atomic mass is 10.2. The first-order chi connectivity index (χ1) is 7.11. The van der Waals surface area contributed by atoms with Gasteiger partial charge in [-0.3, -0.25) is 4.79 Å². The SMILES string of the molecule is CCCNC(=O)C(C)NCC(O)CCC. The second-order valence-electron chi connectivity index (χ2n) is 3.86. The molecule has 4 nitrogen and oxygen atoms in total. The summed E-state index contributed by atoms with van der Waals surface area (Å²) < 4.78 is 0. The van der Waals surface area contributed by atoms with Crippen LogP contribution in [0.1, 0.15) is 40.0 Å². The minimum absolute atomic E-state index is 0.000508. The number of carbonyl (C=O) groups is 1. The number of carbonyl (C=O) groups excluding carboxylic acids is 1. The standard InChI is InChI=1S/C11H24N2O2/c1-4-6-10(14)8-13-9(3)11(15)12-7-5-2/h9-10,13-14H,4-8H2,1-3H3,(H,12,15). The van der Waals surface area contributed by atoms with Crippen LogP contribution in [0.15, 0.2) is 0 Å². The van der Waals surface area contributed by atoms with Crippen LogP contribution in [0.4, 0.5) is 0 Å². The van der Waals surface area contributed by atoms with Gasteiger partial charge in [0.15, 0.2) is 0 Å². The van der Waals surface area contributed by atoms with E-state index in [1.54, 1.807) is 0 Å². The Balaban J connectivity index is 3.62. The van der Waals surface area contributed by atoms with Crippen molar-refractivity contribution in [2.45, 2.75) is 52.2 Å². The predicted octanol–water partition coefficient (Wildman–Crippen LogP) is 0.652. The molecular weight excluding hydrogens is 192 g/mol. The second kappa shape index (κ2) is 8.68. The molecule has 0 aromatic rings. The van der Waals surface area contributed by atoms with Crippen LogP contribution >= 0.6 is 0 Å². The van der Waals surface area contributed by atoms with Crippen LogP contribution in [-0.2, 0) is 4.79 Å². The molecule has 0 spiro atoms. The van der Waals surface area contributed by atoms with Crippen LogP contribution in [0.5, 0.6) is 0 Å². The van der Waals surface area contributed by atoms with Gasteiger partial charge in [-0.1, -0.05) is 20.3 Å².